The first-order valence-corrected chi connectivity index (χ1v) is 11.9. The molecule has 174 valence electrons. The van der Waals surface area contributed by atoms with E-state index in [1.54, 1.807) is 42.6 Å². The zero-order valence-corrected chi connectivity index (χ0v) is 19.1. The van der Waals surface area contributed by atoms with Gasteiger partial charge in [0.2, 0.25) is 0 Å². The second-order valence-electron chi connectivity index (χ2n) is 7.36. The summed E-state index contributed by atoms with van der Waals surface area (Å²) >= 11 is 0. The third-order valence-corrected chi connectivity index (χ3v) is 5.99. The highest BCUT2D eigenvalue weighted by Gasteiger charge is 2.13. The van der Waals surface area contributed by atoms with E-state index in [0.29, 0.717) is 39.8 Å². The smallest absolute Gasteiger partial charge is 0.409 e. The van der Waals surface area contributed by atoms with Gasteiger partial charge in [-0.25, -0.2) is 18.2 Å². The first kappa shape index (κ1) is 22.9. The van der Waals surface area contributed by atoms with Crippen LogP contribution in [0.2, 0.25) is 0 Å². The van der Waals surface area contributed by atoms with Crippen LogP contribution >= 0.6 is 0 Å². The molecule has 0 saturated heterocycles. The van der Waals surface area contributed by atoms with E-state index in [1.807, 2.05) is 18.2 Å². The molecule has 0 atom stereocenters. The minimum absolute atomic E-state index is 0.114. The number of benzene rings is 3. The van der Waals surface area contributed by atoms with Gasteiger partial charge in [-0.05, 0) is 30.3 Å². The van der Waals surface area contributed by atoms with Crippen LogP contribution in [0.3, 0.4) is 0 Å². The van der Waals surface area contributed by atoms with E-state index in [2.05, 4.69) is 15.6 Å². The molecule has 0 aliphatic rings. The molecule has 0 saturated carbocycles. The lowest BCUT2D eigenvalue weighted by Crippen LogP contribution is -2.07. The molecule has 1 amide bonds. The van der Waals surface area contributed by atoms with Gasteiger partial charge >= 0.3 is 6.09 Å². The van der Waals surface area contributed by atoms with Crippen molar-refractivity contribution in [3.05, 3.63) is 72.9 Å². The molecule has 34 heavy (non-hydrogen) atoms. The fourth-order valence-corrected chi connectivity index (χ4v) is 4.05. The molecule has 3 N–H and O–H groups in total. The van der Waals surface area contributed by atoms with Gasteiger partial charge in [0.1, 0.15) is 23.1 Å². The van der Waals surface area contributed by atoms with Crippen LogP contribution in [0.15, 0.2) is 77.8 Å². The maximum atomic E-state index is 12.0. The number of sulfone groups is 1. The number of fused-ring (bicyclic) bond motifs is 1. The quantitative estimate of drug-likeness (QED) is 0.327. The molecule has 1 aromatic heterocycles. The number of carbonyl (C=O) groups is 1. The van der Waals surface area contributed by atoms with Crippen molar-refractivity contribution in [1.82, 2.24) is 4.98 Å². The minimum Gasteiger partial charge on any atom is -0.497 e. The van der Waals surface area contributed by atoms with Crippen molar-refractivity contribution >= 4 is 43.9 Å². The predicted octanol–water partition coefficient (Wildman–Crippen LogP) is 5.27. The van der Waals surface area contributed by atoms with Gasteiger partial charge in [-0.15, -0.1) is 0 Å². The van der Waals surface area contributed by atoms with Gasteiger partial charge in [-0.3, -0.25) is 5.32 Å². The normalized spacial score (nSPS) is 11.1. The lowest BCUT2D eigenvalue weighted by molar-refractivity contribution is 0.210. The van der Waals surface area contributed by atoms with Gasteiger partial charge in [0, 0.05) is 41.0 Å². The van der Waals surface area contributed by atoms with Gasteiger partial charge in [0.25, 0.3) is 0 Å². The van der Waals surface area contributed by atoms with Crippen molar-refractivity contribution < 1.29 is 27.8 Å². The van der Waals surface area contributed by atoms with Gasteiger partial charge in [0.15, 0.2) is 9.84 Å². The lowest BCUT2D eigenvalue weighted by atomic mass is 10.1. The Morgan fingerprint density at radius 1 is 0.971 bits per heavy atom. The summed E-state index contributed by atoms with van der Waals surface area (Å²) in [4.78, 5) is 15.5. The molecule has 0 aliphatic heterocycles. The Morgan fingerprint density at radius 2 is 1.74 bits per heavy atom. The number of aromatic nitrogens is 1. The van der Waals surface area contributed by atoms with Crippen molar-refractivity contribution in [3.63, 3.8) is 0 Å². The first-order chi connectivity index (χ1) is 16.2. The Hall–Kier alpha value is -4.31. The van der Waals surface area contributed by atoms with E-state index in [9.17, 15) is 13.2 Å². The first-order valence-electron chi connectivity index (χ1n) is 10.0. The van der Waals surface area contributed by atoms with Crippen LogP contribution in [0.25, 0.3) is 10.8 Å². The highest BCUT2D eigenvalue weighted by Crippen LogP contribution is 2.35. The fraction of sp³-hybridized carbons (Fsp3) is 0.0833. The summed E-state index contributed by atoms with van der Waals surface area (Å²) < 4.78 is 35.3. The largest absolute Gasteiger partial charge is 0.497 e. The maximum Gasteiger partial charge on any atom is 0.409 e. The molecule has 0 fully saturated rings. The number of amides is 1. The molecule has 4 aromatic rings. The van der Waals surface area contributed by atoms with Gasteiger partial charge in [0.05, 0.1) is 17.7 Å². The van der Waals surface area contributed by atoms with Gasteiger partial charge in [-0.2, -0.15) is 0 Å². The van der Waals surface area contributed by atoms with Crippen LogP contribution in [-0.2, 0) is 9.84 Å². The van der Waals surface area contributed by atoms with E-state index < -0.39 is 15.9 Å². The maximum absolute atomic E-state index is 12.0. The number of hydrogen-bond donors (Lipinski definition) is 3. The molecule has 0 spiro atoms. The number of pyridine rings is 1. The van der Waals surface area contributed by atoms with Crippen molar-refractivity contribution in [3.8, 4) is 17.2 Å². The summed E-state index contributed by atoms with van der Waals surface area (Å²) in [7, 11) is -1.98. The number of methoxy groups -OCH3 is 1. The molecule has 1 heterocycles. The van der Waals surface area contributed by atoms with Gasteiger partial charge < -0.3 is 19.9 Å². The van der Waals surface area contributed by atoms with Crippen LogP contribution in [0.5, 0.6) is 17.2 Å². The topological polar surface area (TPSA) is 127 Å². The van der Waals surface area contributed by atoms with E-state index in [1.165, 1.54) is 19.2 Å². The standard InChI is InChI=1S/C24H21N3O6S/c1-32-17-11-15(12-18(13-17)34(2,30)31)26-23-14-16(9-10-25-23)33-22-8-7-21(27-24(28)29)19-5-3-4-6-20(19)22/h3-14,27H,1-2H3,(H,25,26)(H,28,29). The summed E-state index contributed by atoms with van der Waals surface area (Å²) in [6.45, 7) is 0. The lowest BCUT2D eigenvalue weighted by Gasteiger charge is -2.13. The molecule has 4 rings (SSSR count). The predicted molar refractivity (Wildman–Crippen MR) is 129 cm³/mol. The van der Waals surface area contributed by atoms with Crippen LogP contribution in [0.4, 0.5) is 22.0 Å². The third-order valence-electron chi connectivity index (χ3n) is 4.90. The summed E-state index contributed by atoms with van der Waals surface area (Å²) in [5, 5.41) is 16.0. The Kier molecular flexibility index (Phi) is 6.24. The number of hydrogen-bond acceptors (Lipinski definition) is 7. The Morgan fingerprint density at radius 3 is 2.44 bits per heavy atom. The van der Waals surface area contributed by atoms with Crippen LogP contribution < -0.4 is 20.1 Å². The number of carboxylic acid groups (broad SMARTS) is 1. The number of anilines is 3. The van der Waals surface area contributed by atoms with Gasteiger partial charge in [-0.1, -0.05) is 24.3 Å². The average molecular weight is 480 g/mol. The SMILES string of the molecule is COc1cc(Nc2cc(Oc3ccc(NC(=O)O)c4ccccc34)ccn2)cc(S(C)(=O)=O)c1. The number of rotatable bonds is 7. The summed E-state index contributed by atoms with van der Waals surface area (Å²) in [6, 6.07) is 18.5. The molecule has 0 aliphatic carbocycles. The molecule has 0 bridgehead atoms. The summed E-state index contributed by atoms with van der Waals surface area (Å²) in [6.07, 6.45) is 1.53. The summed E-state index contributed by atoms with van der Waals surface area (Å²) in [5.41, 5.74) is 0.936. The van der Waals surface area contributed by atoms with Crippen LogP contribution in [0, 0.1) is 0 Å². The number of nitrogens with zero attached hydrogens (tertiary/aromatic N) is 1. The molecule has 0 unspecified atom stereocenters. The summed E-state index contributed by atoms with van der Waals surface area (Å²) in [5.74, 6) is 1.83. The monoisotopic (exact) mass is 479 g/mol. The van der Waals surface area contributed by atoms with Crippen LogP contribution in [0.1, 0.15) is 0 Å². The van der Waals surface area contributed by atoms with Crippen LogP contribution in [-0.4, -0.2) is 38.0 Å². The second-order valence-corrected chi connectivity index (χ2v) is 9.38. The molecule has 9 nitrogen and oxygen atoms in total. The Bertz CT molecular complexity index is 1490. The Balaban J connectivity index is 1.64. The zero-order valence-electron chi connectivity index (χ0n) is 18.3. The third kappa shape index (κ3) is 5.18. The molecular weight excluding hydrogens is 458 g/mol. The highest BCUT2D eigenvalue weighted by atomic mass is 32.2. The number of nitrogens with one attached hydrogen (secondary N) is 2. The van der Waals surface area contributed by atoms with Crippen molar-refractivity contribution in [1.29, 1.82) is 0 Å². The fourth-order valence-electron chi connectivity index (χ4n) is 3.38. The number of ether oxygens (including phenoxy) is 2. The van der Waals surface area contributed by atoms with Crippen molar-refractivity contribution in [2.24, 2.45) is 0 Å². The molecule has 3 aromatic carbocycles. The molecule has 10 heteroatoms. The molecular formula is C24H21N3O6S. The van der Waals surface area contributed by atoms with Crippen molar-refractivity contribution in [2.75, 3.05) is 24.0 Å². The van der Waals surface area contributed by atoms with E-state index in [4.69, 9.17) is 14.6 Å². The molecule has 0 radical (unpaired) electrons. The minimum atomic E-state index is -3.44. The van der Waals surface area contributed by atoms with E-state index >= 15 is 0 Å². The van der Waals surface area contributed by atoms with E-state index in [-0.39, 0.29) is 4.90 Å². The second kappa shape index (κ2) is 9.28. The van der Waals surface area contributed by atoms with Crippen molar-refractivity contribution in [2.45, 2.75) is 4.90 Å². The Labute approximate surface area is 195 Å². The zero-order chi connectivity index (χ0) is 24.3. The average Bonchev–Trinajstić information content (AvgIpc) is 2.80. The van der Waals surface area contributed by atoms with E-state index in [0.717, 1.165) is 11.6 Å². The highest BCUT2D eigenvalue weighted by molar-refractivity contribution is 7.90.